The van der Waals surface area contributed by atoms with Crippen LogP contribution in [0.2, 0.25) is 0 Å². The molecule has 8 heavy (non-hydrogen) atoms. The molecule has 0 aliphatic carbocycles. The van der Waals surface area contributed by atoms with Gasteiger partial charge in [0.15, 0.2) is 0 Å². The molecule has 0 bridgehead atoms. The van der Waals surface area contributed by atoms with Crippen molar-refractivity contribution in [2.45, 2.75) is 6.42 Å². The van der Waals surface area contributed by atoms with Gasteiger partial charge in [0.25, 0.3) is 0 Å². The Kier molecular flexibility index (Phi) is 3.36. The van der Waals surface area contributed by atoms with Crippen molar-refractivity contribution in [3.63, 3.8) is 0 Å². The first-order valence-corrected chi connectivity index (χ1v) is 2.73. The van der Waals surface area contributed by atoms with E-state index in [2.05, 4.69) is 24.1 Å². The van der Waals surface area contributed by atoms with Crippen LogP contribution in [0.5, 0.6) is 0 Å². The summed E-state index contributed by atoms with van der Waals surface area (Å²) in [5, 5.41) is 4.45. The third kappa shape index (κ3) is 1.62. The average molecular weight is 137 g/mol. The van der Waals surface area contributed by atoms with Crippen LogP contribution < -0.4 is 0 Å². The molecule has 50 valence electrons. The van der Waals surface area contributed by atoms with Crippen molar-refractivity contribution in [2.75, 3.05) is 27.2 Å². The average Bonchev–Trinajstić information content (AvgIpc) is 1.23. The third-order valence-corrected chi connectivity index (χ3v) is 1.40. The monoisotopic (exact) mass is 136 g/mol. The Morgan fingerprint density at radius 3 is 1.75 bits per heavy atom. The van der Waals surface area contributed by atoms with Crippen molar-refractivity contribution < 1.29 is 0 Å². The molecule has 0 aromatic heterocycles. The van der Waals surface area contributed by atoms with Crippen LogP contribution in [-0.2, 0) is 0 Å². The van der Waals surface area contributed by atoms with E-state index in [0.717, 1.165) is 0 Å². The Labute approximate surface area is 56.8 Å². The standard InChI is InChI=1S/C5H12N2.ClH/c1-6(2)7-4-3-5-7;/h3-5H2,1-2H3;1H. The summed E-state index contributed by atoms with van der Waals surface area (Å²) in [5.41, 5.74) is 0. The molecule has 0 aromatic rings. The van der Waals surface area contributed by atoms with Crippen molar-refractivity contribution in [3.8, 4) is 0 Å². The van der Waals surface area contributed by atoms with Crippen LogP contribution in [0, 0.1) is 0 Å². The van der Waals surface area contributed by atoms with Gasteiger partial charge in [-0.3, -0.25) is 0 Å². The summed E-state index contributed by atoms with van der Waals surface area (Å²) in [5.74, 6) is 0. The molecule has 0 unspecified atom stereocenters. The first-order valence-electron chi connectivity index (χ1n) is 2.73. The van der Waals surface area contributed by atoms with Gasteiger partial charge in [0.2, 0.25) is 0 Å². The maximum Gasteiger partial charge on any atom is 0.0145 e. The second-order valence-corrected chi connectivity index (χ2v) is 2.15. The van der Waals surface area contributed by atoms with E-state index < -0.39 is 0 Å². The van der Waals surface area contributed by atoms with E-state index in [9.17, 15) is 0 Å². The lowest BCUT2D eigenvalue weighted by Crippen LogP contribution is -2.46. The summed E-state index contributed by atoms with van der Waals surface area (Å²) >= 11 is 0. The van der Waals surface area contributed by atoms with Crippen LogP contribution in [0.3, 0.4) is 0 Å². The highest BCUT2D eigenvalue weighted by atomic mass is 35.5. The van der Waals surface area contributed by atoms with Crippen molar-refractivity contribution in [3.05, 3.63) is 0 Å². The molecule has 0 saturated carbocycles. The van der Waals surface area contributed by atoms with Gasteiger partial charge in [0.1, 0.15) is 0 Å². The number of hydrogen-bond acceptors (Lipinski definition) is 2. The van der Waals surface area contributed by atoms with Crippen molar-refractivity contribution in [1.29, 1.82) is 0 Å². The quantitative estimate of drug-likeness (QED) is 0.521. The summed E-state index contributed by atoms with van der Waals surface area (Å²) in [6.07, 6.45) is 1.37. The van der Waals surface area contributed by atoms with E-state index in [1.54, 1.807) is 0 Å². The van der Waals surface area contributed by atoms with Gasteiger partial charge in [-0.05, 0) is 6.42 Å². The highest BCUT2D eigenvalue weighted by molar-refractivity contribution is 5.85. The molecule has 0 atom stereocenters. The minimum atomic E-state index is 0. The predicted octanol–water partition coefficient (Wildman–Crippen LogP) is 0.590. The minimum absolute atomic E-state index is 0. The molecular formula is C5H13ClN2. The lowest BCUT2D eigenvalue weighted by atomic mass is 10.3. The molecule has 1 heterocycles. The van der Waals surface area contributed by atoms with Crippen LogP contribution in [-0.4, -0.2) is 37.2 Å². The topological polar surface area (TPSA) is 6.48 Å². The number of hydrogen-bond donors (Lipinski definition) is 0. The molecule has 0 radical (unpaired) electrons. The fourth-order valence-electron chi connectivity index (χ4n) is 0.700. The Balaban J connectivity index is 0.000000490. The zero-order valence-electron chi connectivity index (χ0n) is 5.42. The smallest absolute Gasteiger partial charge is 0.0145 e. The largest absolute Gasteiger partial charge is 0.248 e. The fraction of sp³-hybridized carbons (Fsp3) is 1.00. The van der Waals surface area contributed by atoms with E-state index in [1.165, 1.54) is 19.5 Å². The van der Waals surface area contributed by atoms with E-state index >= 15 is 0 Å². The van der Waals surface area contributed by atoms with E-state index in [0.29, 0.717) is 0 Å². The molecule has 0 N–H and O–H groups in total. The summed E-state index contributed by atoms with van der Waals surface area (Å²) in [4.78, 5) is 0. The van der Waals surface area contributed by atoms with Crippen LogP contribution in [0.15, 0.2) is 0 Å². The highest BCUT2D eigenvalue weighted by Crippen LogP contribution is 2.04. The maximum absolute atomic E-state index is 2.31. The van der Waals surface area contributed by atoms with Crippen LogP contribution in [0.4, 0.5) is 0 Å². The third-order valence-electron chi connectivity index (χ3n) is 1.40. The van der Waals surface area contributed by atoms with Gasteiger partial charge < -0.3 is 0 Å². The first-order chi connectivity index (χ1) is 3.30. The molecular weight excluding hydrogens is 124 g/mol. The Morgan fingerprint density at radius 2 is 1.75 bits per heavy atom. The molecule has 3 heteroatoms. The van der Waals surface area contributed by atoms with Gasteiger partial charge >= 0.3 is 0 Å². The second kappa shape index (κ2) is 3.28. The Bertz CT molecular complexity index is 61.4. The SMILES string of the molecule is CN(C)N1CCC1.Cl. The number of nitrogens with zero attached hydrogens (tertiary/aromatic N) is 2. The van der Waals surface area contributed by atoms with Gasteiger partial charge in [0, 0.05) is 27.2 Å². The molecule has 1 aliphatic rings. The summed E-state index contributed by atoms with van der Waals surface area (Å²) in [6, 6.07) is 0. The summed E-state index contributed by atoms with van der Waals surface area (Å²) in [6.45, 7) is 2.51. The first kappa shape index (κ1) is 8.21. The minimum Gasteiger partial charge on any atom is -0.248 e. The van der Waals surface area contributed by atoms with Crippen molar-refractivity contribution >= 4 is 12.4 Å². The molecule has 0 spiro atoms. The van der Waals surface area contributed by atoms with E-state index in [4.69, 9.17) is 0 Å². The Morgan fingerprint density at radius 1 is 1.25 bits per heavy atom. The maximum atomic E-state index is 2.31. The molecule has 1 fully saturated rings. The fourth-order valence-corrected chi connectivity index (χ4v) is 0.700. The molecule has 0 aromatic carbocycles. The van der Waals surface area contributed by atoms with E-state index in [1.807, 2.05) is 0 Å². The van der Waals surface area contributed by atoms with Gasteiger partial charge in [-0.2, -0.15) is 0 Å². The summed E-state index contributed by atoms with van der Waals surface area (Å²) < 4.78 is 0. The van der Waals surface area contributed by atoms with Gasteiger partial charge in [-0.1, -0.05) is 0 Å². The number of hydrazine groups is 1. The lowest BCUT2D eigenvalue weighted by molar-refractivity contribution is -0.0302. The highest BCUT2D eigenvalue weighted by Gasteiger charge is 2.14. The molecule has 1 aliphatic heterocycles. The van der Waals surface area contributed by atoms with Crippen molar-refractivity contribution in [1.82, 2.24) is 10.0 Å². The molecule has 0 amide bonds. The van der Waals surface area contributed by atoms with E-state index in [-0.39, 0.29) is 12.4 Å². The van der Waals surface area contributed by atoms with Gasteiger partial charge in [-0.15, -0.1) is 12.4 Å². The normalized spacial score (nSPS) is 19.9. The molecule has 1 rings (SSSR count). The number of rotatable bonds is 1. The van der Waals surface area contributed by atoms with Crippen LogP contribution >= 0.6 is 12.4 Å². The zero-order chi connectivity index (χ0) is 5.28. The predicted molar refractivity (Wildman–Crippen MR) is 37.1 cm³/mol. The summed E-state index contributed by atoms with van der Waals surface area (Å²) in [7, 11) is 4.16. The van der Waals surface area contributed by atoms with Crippen molar-refractivity contribution in [2.24, 2.45) is 0 Å². The second-order valence-electron chi connectivity index (χ2n) is 2.15. The Hall–Kier alpha value is 0.210. The molecule has 2 nitrogen and oxygen atoms in total. The number of halogens is 1. The van der Waals surface area contributed by atoms with Gasteiger partial charge in [-0.25, -0.2) is 10.0 Å². The molecule has 1 saturated heterocycles. The van der Waals surface area contributed by atoms with Crippen LogP contribution in [0.1, 0.15) is 6.42 Å². The van der Waals surface area contributed by atoms with Gasteiger partial charge in [0.05, 0.1) is 0 Å². The van der Waals surface area contributed by atoms with Crippen LogP contribution in [0.25, 0.3) is 0 Å². The lowest BCUT2D eigenvalue weighted by Gasteiger charge is -2.36. The zero-order valence-corrected chi connectivity index (χ0v) is 6.24.